The lowest BCUT2D eigenvalue weighted by Gasteiger charge is -2.42. The van der Waals surface area contributed by atoms with Crippen molar-refractivity contribution in [1.82, 2.24) is 4.90 Å². The van der Waals surface area contributed by atoms with Gasteiger partial charge in [0.15, 0.2) is 0 Å². The molecule has 4 aliphatic rings. The lowest BCUT2D eigenvalue weighted by atomic mass is 9.80. The van der Waals surface area contributed by atoms with Gasteiger partial charge in [-0.25, -0.2) is 4.79 Å². The van der Waals surface area contributed by atoms with Crippen LogP contribution in [0.25, 0.3) is 0 Å². The fourth-order valence-corrected chi connectivity index (χ4v) is 8.72. The van der Waals surface area contributed by atoms with E-state index in [4.69, 9.17) is 9.47 Å². The smallest absolute Gasteiger partial charge is 0.329 e. The maximum Gasteiger partial charge on any atom is 0.329 e. The van der Waals surface area contributed by atoms with Crippen molar-refractivity contribution < 1.29 is 49.1 Å². The van der Waals surface area contributed by atoms with Crippen LogP contribution in [0.1, 0.15) is 131 Å². The molecule has 2 bridgehead atoms. The number of cyclic esters (lactones) is 1. The molecule has 0 spiro atoms. The minimum atomic E-state index is -2.42. The van der Waals surface area contributed by atoms with Crippen molar-refractivity contribution >= 4 is 23.4 Å². The van der Waals surface area contributed by atoms with Crippen molar-refractivity contribution in [3.8, 4) is 0 Å². The first kappa shape index (κ1) is 45.7. The number of aliphatic hydroxyl groups is 4. The summed E-state index contributed by atoms with van der Waals surface area (Å²) in [5, 5.41) is 43.9. The second-order valence-electron chi connectivity index (χ2n) is 17.5. The zero-order valence-corrected chi connectivity index (χ0v) is 34.6. The van der Waals surface area contributed by atoms with Gasteiger partial charge in [0.25, 0.3) is 11.7 Å². The molecule has 11 nitrogen and oxygen atoms in total. The summed E-state index contributed by atoms with van der Waals surface area (Å²) in [5.74, 6) is -5.79. The largest absolute Gasteiger partial charge is 0.460 e. The van der Waals surface area contributed by atoms with Crippen molar-refractivity contribution in [3.63, 3.8) is 0 Å². The predicted octanol–water partition coefficient (Wildman–Crippen LogP) is 6.07. The second kappa shape index (κ2) is 21.2. The number of aliphatic hydroxyl groups excluding tert-OH is 3. The molecule has 11 heteroatoms. The molecule has 1 aliphatic carbocycles. The Morgan fingerprint density at radius 1 is 0.857 bits per heavy atom. The van der Waals surface area contributed by atoms with Gasteiger partial charge in [-0.2, -0.15) is 0 Å². The van der Waals surface area contributed by atoms with Crippen molar-refractivity contribution in [2.45, 2.75) is 174 Å². The van der Waals surface area contributed by atoms with E-state index in [9.17, 15) is 39.6 Å². The lowest BCUT2D eigenvalue weighted by molar-refractivity contribution is -0.265. The van der Waals surface area contributed by atoms with E-state index >= 15 is 0 Å². The van der Waals surface area contributed by atoms with Gasteiger partial charge in [-0.15, -0.1) is 0 Å². The number of rotatable bonds is 3. The highest BCUT2D eigenvalue weighted by atomic mass is 16.6. The van der Waals surface area contributed by atoms with Gasteiger partial charge in [0.2, 0.25) is 5.79 Å². The molecule has 3 fully saturated rings. The van der Waals surface area contributed by atoms with Crippen molar-refractivity contribution in [2.24, 2.45) is 29.6 Å². The van der Waals surface area contributed by atoms with Gasteiger partial charge in [0.05, 0.1) is 24.4 Å². The lowest BCUT2D eigenvalue weighted by Crippen LogP contribution is -2.60. The molecule has 0 aromatic rings. The highest BCUT2D eigenvalue weighted by molar-refractivity contribution is 6.39. The molecule has 4 N–H and O–H groups in total. The first-order valence-corrected chi connectivity index (χ1v) is 21.2. The number of Topliss-reactive ketones (excluding diaryl/α,β-unsaturated/α-hetero) is 2. The fourth-order valence-electron chi connectivity index (χ4n) is 8.72. The minimum Gasteiger partial charge on any atom is -0.460 e. The molecule has 2 saturated heterocycles. The van der Waals surface area contributed by atoms with Gasteiger partial charge in [-0.1, -0.05) is 64.2 Å². The third-order valence-corrected chi connectivity index (χ3v) is 12.8. The Morgan fingerprint density at radius 2 is 1.57 bits per heavy atom. The first-order chi connectivity index (χ1) is 26.5. The van der Waals surface area contributed by atoms with E-state index in [0.29, 0.717) is 55.6 Å². The number of amides is 1. The summed E-state index contributed by atoms with van der Waals surface area (Å²) in [7, 11) is 0. The molecular weight excluding hydrogens is 714 g/mol. The van der Waals surface area contributed by atoms with Crippen LogP contribution in [-0.2, 0) is 28.7 Å². The summed E-state index contributed by atoms with van der Waals surface area (Å²) in [6.45, 7) is 11.3. The molecule has 314 valence electrons. The molecule has 0 aromatic carbocycles. The number of carbonyl (C=O) groups excluding carboxylic acids is 4. The molecule has 0 unspecified atom stereocenters. The second-order valence-corrected chi connectivity index (χ2v) is 17.5. The number of hydrogen-bond acceptors (Lipinski definition) is 10. The molecule has 4 rings (SSSR count). The van der Waals surface area contributed by atoms with E-state index in [1.54, 1.807) is 26.8 Å². The number of hydrogen-bond donors (Lipinski definition) is 4. The summed E-state index contributed by atoms with van der Waals surface area (Å²) < 4.78 is 12.3. The number of ketones is 2. The number of carbonyl (C=O) groups is 4. The Labute approximate surface area is 334 Å². The van der Waals surface area contributed by atoms with Crippen LogP contribution < -0.4 is 0 Å². The van der Waals surface area contributed by atoms with Gasteiger partial charge in [-0.05, 0) is 113 Å². The molecular formula is C45H69NO10. The Morgan fingerprint density at radius 3 is 2.29 bits per heavy atom. The van der Waals surface area contributed by atoms with Gasteiger partial charge >= 0.3 is 5.97 Å². The van der Waals surface area contributed by atoms with Crippen LogP contribution >= 0.6 is 0 Å². The highest BCUT2D eigenvalue weighted by Crippen LogP contribution is 2.37. The maximum absolute atomic E-state index is 14.1. The Balaban J connectivity index is 1.63. The van der Waals surface area contributed by atoms with Gasteiger partial charge < -0.3 is 34.8 Å². The van der Waals surface area contributed by atoms with E-state index in [0.717, 1.165) is 32.1 Å². The van der Waals surface area contributed by atoms with E-state index in [2.05, 4.69) is 0 Å². The number of allylic oxidation sites excluding steroid dienone is 5. The summed E-state index contributed by atoms with van der Waals surface area (Å²) >= 11 is 0. The molecule has 56 heavy (non-hydrogen) atoms. The number of nitrogens with zero attached hydrogens (tertiary/aromatic N) is 1. The van der Waals surface area contributed by atoms with Crippen molar-refractivity contribution in [2.75, 3.05) is 6.54 Å². The molecule has 0 aromatic heterocycles. The molecule has 1 amide bonds. The number of fused-ring (bicyclic) bond motifs is 3. The quantitative estimate of drug-likeness (QED) is 0.150. The summed E-state index contributed by atoms with van der Waals surface area (Å²) in [5.41, 5.74) is 1.27. The van der Waals surface area contributed by atoms with E-state index in [1.165, 1.54) is 4.90 Å². The molecule has 10 atom stereocenters. The average molecular weight is 784 g/mol. The third kappa shape index (κ3) is 12.5. The highest BCUT2D eigenvalue weighted by Gasteiger charge is 2.53. The van der Waals surface area contributed by atoms with E-state index in [-0.39, 0.29) is 55.4 Å². The summed E-state index contributed by atoms with van der Waals surface area (Å²) in [6.07, 6.45) is 15.0. The van der Waals surface area contributed by atoms with Crippen LogP contribution in [0.2, 0.25) is 0 Å². The summed E-state index contributed by atoms with van der Waals surface area (Å²) in [6, 6.07) is -1.03. The minimum absolute atomic E-state index is 0.0284. The number of esters is 1. The van der Waals surface area contributed by atoms with Crippen LogP contribution in [0.15, 0.2) is 47.6 Å². The molecule has 3 aliphatic heterocycles. The fraction of sp³-hybridized carbons (Fsp3) is 0.733. The maximum atomic E-state index is 14.1. The van der Waals surface area contributed by atoms with Gasteiger partial charge in [-0.3, -0.25) is 14.4 Å². The average Bonchev–Trinajstić information content (AvgIpc) is 3.17. The Bertz CT molecular complexity index is 1480. The predicted molar refractivity (Wildman–Crippen MR) is 214 cm³/mol. The van der Waals surface area contributed by atoms with E-state index in [1.807, 2.05) is 51.2 Å². The molecule has 1 saturated carbocycles. The third-order valence-electron chi connectivity index (χ3n) is 12.8. The normalized spacial score (nSPS) is 40.5. The van der Waals surface area contributed by atoms with Crippen LogP contribution in [0.3, 0.4) is 0 Å². The van der Waals surface area contributed by atoms with Gasteiger partial charge in [0, 0.05) is 37.6 Å². The Hall–Kier alpha value is -2.96. The van der Waals surface area contributed by atoms with Crippen molar-refractivity contribution in [1.29, 1.82) is 0 Å². The number of piperidine rings is 1. The summed E-state index contributed by atoms with van der Waals surface area (Å²) in [4.78, 5) is 56.5. The van der Waals surface area contributed by atoms with E-state index < -0.39 is 59.8 Å². The van der Waals surface area contributed by atoms with Crippen LogP contribution in [0.4, 0.5) is 0 Å². The topological polar surface area (TPSA) is 171 Å². The van der Waals surface area contributed by atoms with Crippen LogP contribution in [0.5, 0.6) is 0 Å². The Kier molecular flexibility index (Phi) is 17.3. The van der Waals surface area contributed by atoms with Crippen molar-refractivity contribution in [3.05, 3.63) is 47.6 Å². The van der Waals surface area contributed by atoms with Gasteiger partial charge in [0.1, 0.15) is 17.9 Å². The molecule has 3 heterocycles. The zero-order valence-electron chi connectivity index (χ0n) is 34.6. The van der Waals surface area contributed by atoms with Crippen LogP contribution in [0, 0.1) is 29.6 Å². The van der Waals surface area contributed by atoms with Crippen LogP contribution in [-0.4, -0.2) is 97.7 Å². The first-order valence-electron chi connectivity index (χ1n) is 21.2. The zero-order chi connectivity index (χ0) is 41.2. The number of ether oxygens (including phenoxy) is 2. The SMILES string of the molecule is C/C1=C/C[C@@H]([C@H](C)CC2CCC(O)CC2)OC(=O)[C@@H]2CCCCN2C(=O)C(=O)[C@]2(O)O[C@@H](CC[C@H]2C)C[C@H](O)/C(C)=C/C=C/C=C/[C@@H](C)C[C@@H](C)C(=O)C[C@H]1O. The molecule has 0 radical (unpaired) electrons. The standard InChI is InChI=1S/C45H69NO10/c1-28-12-8-7-9-13-29(2)38(48)26-36-21-16-33(6)45(54,56-36)42(51)43(52)46-23-11-10-14-37(46)44(53)55-41(32(5)25-34-17-19-35(47)20-18-34)22-15-30(3)39(49)27-40(50)31(4)24-28/h7-9,12-13,15,28,31-39,41,47-49,54H,10-11,14,16-27H2,1-6H3/b9-7+,12-8+,29-13+,30-15-/t28-,31-,32-,33-,34?,35?,36+,37+,38+,39-,41+,45-/m1/s1. The monoisotopic (exact) mass is 783 g/mol.